The quantitative estimate of drug-likeness (QED) is 0.0939. The molecule has 6 aromatic rings. The Morgan fingerprint density at radius 3 is 0.517 bits per heavy atom. The van der Waals surface area contributed by atoms with Crippen LogP contribution in [-0.2, 0) is 0 Å². The smallest absolute Gasteiger partial charge is 0.198 e. The lowest BCUT2D eigenvalue weighted by molar-refractivity contribution is 0.412. The highest BCUT2D eigenvalue weighted by Crippen LogP contribution is 2.47. The van der Waals surface area contributed by atoms with Crippen molar-refractivity contribution in [1.82, 2.24) is 0 Å². The molecule has 0 amide bonds. The fourth-order valence-electron chi connectivity index (χ4n) is 5.74. The van der Waals surface area contributed by atoms with Crippen LogP contribution in [0.25, 0.3) is 55.3 Å². The van der Waals surface area contributed by atoms with Crippen LogP contribution in [0.4, 0.5) is 101 Å². The van der Waals surface area contributed by atoms with Gasteiger partial charge < -0.3 is 0 Å². The Balaban J connectivity index is 1.63. The molecule has 0 radical (unpaired) electrons. The first-order valence-electron chi connectivity index (χ1n) is 14.3. The summed E-state index contributed by atoms with van der Waals surface area (Å²) in [5, 5.41) is -4.88. The molecule has 304 valence electrons. The highest BCUT2D eigenvalue weighted by Gasteiger charge is 2.41. The van der Waals surface area contributed by atoms with E-state index in [9.17, 15) is 43.9 Å². The summed E-state index contributed by atoms with van der Waals surface area (Å²) in [6, 6.07) is 0. The fraction of sp³-hybridized carbons (Fsp3) is 0. The van der Waals surface area contributed by atoms with Crippen molar-refractivity contribution >= 4 is 26.7 Å². The van der Waals surface area contributed by atoms with E-state index in [0.717, 1.165) is 0 Å². The highest BCUT2D eigenvalue weighted by molar-refractivity contribution is 9.10. The Hall–Kier alpha value is -5.55. The van der Waals surface area contributed by atoms with Gasteiger partial charge in [0, 0.05) is 0 Å². The van der Waals surface area contributed by atoms with E-state index in [1.807, 2.05) is 15.9 Å². The van der Waals surface area contributed by atoms with Gasteiger partial charge in [0.25, 0.3) is 0 Å². The Morgan fingerprint density at radius 1 is 0.155 bits per heavy atom. The zero-order valence-corrected chi connectivity index (χ0v) is 27.7. The van der Waals surface area contributed by atoms with Gasteiger partial charge in [-0.2, -0.15) is 0 Å². The first-order valence-corrected chi connectivity index (χ1v) is 15.1. The molecule has 58 heavy (non-hydrogen) atoms. The second-order valence-corrected chi connectivity index (χ2v) is 12.1. The maximum atomic E-state index is 15.4. The maximum Gasteiger partial charge on any atom is 0.198 e. The number of hydrogen-bond donors (Lipinski definition) is 0. The summed E-state index contributed by atoms with van der Waals surface area (Å²) in [7, 11) is 0. The third-order valence-electron chi connectivity index (χ3n) is 8.34. The SMILES string of the molecule is Fc1c(F)c(-c2c(F)c(F)c(-c3c(F)c(F)c(-c4c(F)c(F)c(-c5c(F)c(F)c6c(F)c(F)c(F)c(F)c6c5F)c(F)c4F)c(F)c3F)c(F)c2F)c(F)c(F)c1Br. The van der Waals surface area contributed by atoms with E-state index in [4.69, 9.17) is 0 Å². The summed E-state index contributed by atoms with van der Waals surface area (Å²) in [5.41, 5.74) is -22.6. The zero-order chi connectivity index (χ0) is 43.6. The molecule has 6 rings (SSSR count). The molecule has 0 atom stereocenters. The summed E-state index contributed by atoms with van der Waals surface area (Å²) in [5.74, 6) is -70.8. The van der Waals surface area contributed by atoms with Crippen LogP contribution < -0.4 is 0 Å². The fourth-order valence-corrected chi connectivity index (χ4v) is 6.09. The molecular weight excluding hydrogens is 925 g/mol. The van der Waals surface area contributed by atoms with Gasteiger partial charge in [-0.05, 0) is 15.9 Å². The molecule has 0 unspecified atom stereocenters. The molecule has 24 heteroatoms. The monoisotopic (exact) mass is 924 g/mol. The van der Waals surface area contributed by atoms with Crippen molar-refractivity contribution in [3.8, 4) is 44.5 Å². The van der Waals surface area contributed by atoms with E-state index in [1.54, 1.807) is 0 Å². The van der Waals surface area contributed by atoms with Gasteiger partial charge in [-0.25, -0.2) is 101 Å². The van der Waals surface area contributed by atoms with Crippen LogP contribution >= 0.6 is 15.9 Å². The molecule has 0 saturated carbocycles. The van der Waals surface area contributed by atoms with Crippen LogP contribution in [0.1, 0.15) is 0 Å². The third kappa shape index (κ3) is 5.45. The predicted octanol–water partition coefficient (Wildman–Crippen LogP) is 13.5. The van der Waals surface area contributed by atoms with Crippen molar-refractivity contribution in [1.29, 1.82) is 0 Å². The largest absolute Gasteiger partial charge is 0.205 e. The van der Waals surface area contributed by atoms with Crippen molar-refractivity contribution in [3.05, 3.63) is 138 Å². The van der Waals surface area contributed by atoms with Gasteiger partial charge in [0.2, 0.25) is 0 Å². The van der Waals surface area contributed by atoms with Crippen LogP contribution in [0.15, 0.2) is 4.47 Å². The summed E-state index contributed by atoms with van der Waals surface area (Å²) >= 11 is 2.01. The minimum absolute atomic E-state index is 1.66. The first-order chi connectivity index (χ1) is 26.9. The molecule has 0 aromatic heterocycles. The van der Waals surface area contributed by atoms with Crippen LogP contribution in [-0.4, -0.2) is 0 Å². The van der Waals surface area contributed by atoms with Gasteiger partial charge in [-0.15, -0.1) is 0 Å². The lowest BCUT2D eigenvalue weighted by Crippen LogP contribution is -2.13. The lowest BCUT2D eigenvalue weighted by atomic mass is 9.91. The number of fused-ring (bicyclic) bond motifs is 1. The van der Waals surface area contributed by atoms with Crippen molar-refractivity contribution in [2.45, 2.75) is 0 Å². The van der Waals surface area contributed by atoms with Gasteiger partial charge >= 0.3 is 0 Å². The minimum Gasteiger partial charge on any atom is -0.205 e. The molecule has 0 aliphatic carbocycles. The third-order valence-corrected chi connectivity index (χ3v) is 9.03. The molecule has 0 saturated heterocycles. The number of rotatable bonds is 4. The summed E-state index contributed by atoms with van der Waals surface area (Å²) in [6.07, 6.45) is 0. The average molecular weight is 925 g/mol. The molecule has 0 fully saturated rings. The molecule has 0 spiro atoms. The molecule has 0 N–H and O–H groups in total. The van der Waals surface area contributed by atoms with Gasteiger partial charge in [0.1, 0.15) is 5.82 Å². The Labute approximate surface area is 310 Å². The molecule has 0 heterocycles. The number of benzene rings is 6. The lowest BCUT2D eigenvalue weighted by Gasteiger charge is -2.18. The van der Waals surface area contributed by atoms with Gasteiger partial charge in [0.15, 0.2) is 128 Å². The van der Waals surface area contributed by atoms with Crippen molar-refractivity contribution in [2.24, 2.45) is 0 Å². The first kappa shape index (κ1) is 42.1. The zero-order valence-electron chi connectivity index (χ0n) is 26.1. The molecule has 0 nitrogen and oxygen atoms in total. The second-order valence-electron chi connectivity index (χ2n) is 11.3. The second kappa shape index (κ2) is 14.1. The van der Waals surface area contributed by atoms with Gasteiger partial charge in [0.05, 0.1) is 59.8 Å². The van der Waals surface area contributed by atoms with E-state index in [0.29, 0.717) is 0 Å². The average Bonchev–Trinajstić information content (AvgIpc) is 3.18. The van der Waals surface area contributed by atoms with E-state index in [-0.39, 0.29) is 0 Å². The standard InChI is InChI=1S/C34BrF23/c35-11-31(55)27(51)10(28(52)32(11)56)9-25(49)23(47)8(24(48)26(9)50)7-21(45)19(43)6(20(44)22(7)46)5-17(41)14(38)3(15(39)18(5)42)1-12(36)2-4(16(40)13(1)37)30(54)34(58)33(57)29(2)53. The molecule has 0 bridgehead atoms. The van der Waals surface area contributed by atoms with Crippen molar-refractivity contribution in [2.75, 3.05) is 0 Å². The number of halogens is 24. The topological polar surface area (TPSA) is 0 Å². The summed E-state index contributed by atoms with van der Waals surface area (Å²) in [6.45, 7) is 0. The van der Waals surface area contributed by atoms with Crippen LogP contribution in [0.2, 0.25) is 0 Å². The molecular formula is C34BrF23. The Bertz CT molecular complexity index is 2770. The van der Waals surface area contributed by atoms with Gasteiger partial charge in [-0.1, -0.05) is 0 Å². The van der Waals surface area contributed by atoms with Gasteiger partial charge in [-0.3, -0.25) is 0 Å². The van der Waals surface area contributed by atoms with E-state index < -0.39 is 194 Å². The minimum atomic E-state index is -3.37. The predicted molar refractivity (Wildman–Crippen MR) is 152 cm³/mol. The van der Waals surface area contributed by atoms with Crippen LogP contribution in [0.5, 0.6) is 0 Å². The summed E-state index contributed by atoms with van der Waals surface area (Å²) < 4.78 is 340. The maximum absolute atomic E-state index is 15.4. The Kier molecular flexibility index (Phi) is 10.2. The highest BCUT2D eigenvalue weighted by atomic mass is 79.9. The molecule has 6 aromatic carbocycles. The molecule has 0 aliphatic rings. The summed E-state index contributed by atoms with van der Waals surface area (Å²) in [4.78, 5) is 0. The van der Waals surface area contributed by atoms with Crippen LogP contribution in [0.3, 0.4) is 0 Å². The van der Waals surface area contributed by atoms with Crippen molar-refractivity contribution < 1.29 is 101 Å². The van der Waals surface area contributed by atoms with E-state index >= 15 is 57.1 Å². The Morgan fingerprint density at radius 2 is 0.293 bits per heavy atom. The molecule has 0 aliphatic heterocycles. The normalized spacial score (nSPS) is 11.8. The van der Waals surface area contributed by atoms with Crippen molar-refractivity contribution in [3.63, 3.8) is 0 Å². The van der Waals surface area contributed by atoms with Crippen LogP contribution in [0, 0.1) is 134 Å². The number of hydrogen-bond acceptors (Lipinski definition) is 0. The van der Waals surface area contributed by atoms with E-state index in [1.165, 1.54) is 0 Å². The van der Waals surface area contributed by atoms with E-state index in [2.05, 4.69) is 0 Å².